The van der Waals surface area contributed by atoms with Gasteiger partial charge in [0.15, 0.2) is 0 Å². The SMILES string of the molecule is CNCCC1Sc2cc(Br)ccc2NC1C. The Labute approximate surface area is 110 Å². The number of anilines is 1. The van der Waals surface area contributed by atoms with Gasteiger partial charge in [0.05, 0.1) is 0 Å². The summed E-state index contributed by atoms with van der Waals surface area (Å²) in [4.78, 5) is 1.36. The van der Waals surface area contributed by atoms with Crippen molar-refractivity contribution < 1.29 is 0 Å². The molecule has 2 rings (SSSR count). The Kier molecular flexibility index (Phi) is 4.16. The largest absolute Gasteiger partial charge is 0.381 e. The van der Waals surface area contributed by atoms with E-state index in [0.717, 1.165) is 11.0 Å². The average Bonchev–Trinajstić information content (AvgIpc) is 2.27. The summed E-state index contributed by atoms with van der Waals surface area (Å²) in [5.41, 5.74) is 1.27. The molecule has 0 spiro atoms. The van der Waals surface area contributed by atoms with E-state index in [9.17, 15) is 0 Å². The van der Waals surface area contributed by atoms with E-state index in [1.165, 1.54) is 17.0 Å². The highest BCUT2D eigenvalue weighted by atomic mass is 79.9. The lowest BCUT2D eigenvalue weighted by molar-refractivity contribution is 0.634. The molecule has 0 aromatic heterocycles. The molecule has 0 fully saturated rings. The van der Waals surface area contributed by atoms with Gasteiger partial charge in [-0.1, -0.05) is 15.9 Å². The van der Waals surface area contributed by atoms with Crippen LogP contribution in [0.3, 0.4) is 0 Å². The molecular formula is C12H17BrN2S. The van der Waals surface area contributed by atoms with E-state index < -0.39 is 0 Å². The van der Waals surface area contributed by atoms with Gasteiger partial charge in [0, 0.05) is 26.3 Å². The van der Waals surface area contributed by atoms with E-state index in [4.69, 9.17) is 0 Å². The minimum Gasteiger partial charge on any atom is -0.381 e. The Hall–Kier alpha value is -0.190. The number of fused-ring (bicyclic) bond motifs is 1. The molecule has 1 aliphatic rings. The van der Waals surface area contributed by atoms with Gasteiger partial charge in [0.1, 0.15) is 0 Å². The van der Waals surface area contributed by atoms with Gasteiger partial charge < -0.3 is 10.6 Å². The fraction of sp³-hybridized carbons (Fsp3) is 0.500. The van der Waals surface area contributed by atoms with Crippen molar-refractivity contribution in [2.75, 3.05) is 18.9 Å². The molecule has 16 heavy (non-hydrogen) atoms. The summed E-state index contributed by atoms with van der Waals surface area (Å²) in [5, 5.41) is 7.44. The van der Waals surface area contributed by atoms with Crippen LogP contribution in [0.5, 0.6) is 0 Å². The van der Waals surface area contributed by atoms with Gasteiger partial charge in [-0.25, -0.2) is 0 Å². The van der Waals surface area contributed by atoms with Gasteiger partial charge >= 0.3 is 0 Å². The predicted octanol–water partition coefficient (Wildman–Crippen LogP) is 3.33. The summed E-state index contributed by atoms with van der Waals surface area (Å²) in [6.07, 6.45) is 1.20. The van der Waals surface area contributed by atoms with Crippen LogP contribution in [0.25, 0.3) is 0 Å². The Balaban J connectivity index is 2.13. The Bertz CT molecular complexity index is 370. The molecule has 0 aliphatic carbocycles. The Morgan fingerprint density at radius 3 is 3.06 bits per heavy atom. The van der Waals surface area contributed by atoms with Gasteiger partial charge in [-0.3, -0.25) is 0 Å². The molecule has 1 heterocycles. The van der Waals surface area contributed by atoms with E-state index in [1.807, 2.05) is 18.8 Å². The standard InChI is InChI=1S/C12H17BrN2S/c1-8-11(5-6-14-2)16-12-7-9(13)3-4-10(12)15-8/h3-4,7-8,11,14-15H,5-6H2,1-2H3. The summed E-state index contributed by atoms with van der Waals surface area (Å²) >= 11 is 5.51. The van der Waals surface area contributed by atoms with Crippen molar-refractivity contribution in [3.05, 3.63) is 22.7 Å². The smallest absolute Gasteiger partial charge is 0.0481 e. The van der Waals surface area contributed by atoms with E-state index in [1.54, 1.807) is 0 Å². The van der Waals surface area contributed by atoms with Crippen molar-refractivity contribution in [1.29, 1.82) is 0 Å². The number of thioether (sulfide) groups is 1. The van der Waals surface area contributed by atoms with Gasteiger partial charge in [0.2, 0.25) is 0 Å². The minimum absolute atomic E-state index is 0.534. The second-order valence-corrected chi connectivity index (χ2v) is 6.32. The van der Waals surface area contributed by atoms with Crippen LogP contribution in [-0.2, 0) is 0 Å². The van der Waals surface area contributed by atoms with Crippen LogP contribution in [0.4, 0.5) is 5.69 Å². The third kappa shape index (κ3) is 2.73. The van der Waals surface area contributed by atoms with Crippen molar-refractivity contribution in [1.82, 2.24) is 5.32 Å². The Morgan fingerprint density at radius 2 is 2.31 bits per heavy atom. The zero-order chi connectivity index (χ0) is 11.5. The highest BCUT2D eigenvalue weighted by Gasteiger charge is 2.24. The van der Waals surface area contributed by atoms with Crippen LogP contribution in [0.15, 0.2) is 27.6 Å². The predicted molar refractivity (Wildman–Crippen MR) is 75.4 cm³/mol. The molecule has 0 saturated heterocycles. The first-order valence-electron chi connectivity index (χ1n) is 5.58. The second-order valence-electron chi connectivity index (χ2n) is 4.12. The fourth-order valence-electron chi connectivity index (χ4n) is 1.91. The Morgan fingerprint density at radius 1 is 1.50 bits per heavy atom. The maximum absolute atomic E-state index is 3.58. The van der Waals surface area contributed by atoms with E-state index in [0.29, 0.717) is 11.3 Å². The first-order chi connectivity index (χ1) is 7.70. The number of hydrogen-bond acceptors (Lipinski definition) is 3. The average molecular weight is 301 g/mol. The number of hydrogen-bond donors (Lipinski definition) is 2. The van der Waals surface area contributed by atoms with Crippen LogP contribution in [0, 0.1) is 0 Å². The van der Waals surface area contributed by atoms with Crippen LogP contribution in [0.2, 0.25) is 0 Å². The van der Waals surface area contributed by atoms with Crippen LogP contribution in [0.1, 0.15) is 13.3 Å². The van der Waals surface area contributed by atoms with Crippen molar-refractivity contribution in [2.24, 2.45) is 0 Å². The fourth-order valence-corrected chi connectivity index (χ4v) is 3.71. The molecule has 2 N–H and O–H groups in total. The van der Waals surface area contributed by atoms with E-state index >= 15 is 0 Å². The maximum Gasteiger partial charge on any atom is 0.0481 e. The molecule has 1 aromatic rings. The normalized spacial score (nSPS) is 23.7. The zero-order valence-corrected chi connectivity index (χ0v) is 12.0. The van der Waals surface area contributed by atoms with Crippen molar-refractivity contribution in [2.45, 2.75) is 29.5 Å². The van der Waals surface area contributed by atoms with Crippen molar-refractivity contribution in [3.63, 3.8) is 0 Å². The third-order valence-electron chi connectivity index (χ3n) is 2.84. The van der Waals surface area contributed by atoms with Crippen molar-refractivity contribution in [3.8, 4) is 0 Å². The molecule has 2 atom stereocenters. The lowest BCUT2D eigenvalue weighted by Gasteiger charge is -2.32. The van der Waals surface area contributed by atoms with Gasteiger partial charge in [-0.05, 0) is 45.1 Å². The molecule has 1 aromatic carbocycles. The lowest BCUT2D eigenvalue weighted by Crippen LogP contribution is -2.33. The number of halogens is 1. The summed E-state index contributed by atoms with van der Waals surface area (Å²) in [6.45, 7) is 3.34. The first-order valence-corrected chi connectivity index (χ1v) is 7.25. The first kappa shape index (κ1) is 12.3. The molecule has 0 amide bonds. The minimum atomic E-state index is 0.534. The summed E-state index contributed by atoms with van der Waals surface area (Å²) in [6, 6.07) is 6.97. The number of rotatable bonds is 3. The monoisotopic (exact) mass is 300 g/mol. The number of benzene rings is 1. The summed E-state index contributed by atoms with van der Waals surface area (Å²) < 4.78 is 1.16. The lowest BCUT2D eigenvalue weighted by atomic mass is 10.1. The molecule has 0 radical (unpaired) electrons. The molecule has 0 bridgehead atoms. The third-order valence-corrected chi connectivity index (χ3v) is 4.87. The summed E-state index contributed by atoms with van der Waals surface area (Å²) in [7, 11) is 2.01. The van der Waals surface area contributed by atoms with Gasteiger partial charge in [0.25, 0.3) is 0 Å². The molecule has 0 saturated carbocycles. The van der Waals surface area contributed by atoms with Crippen LogP contribution >= 0.6 is 27.7 Å². The summed E-state index contributed by atoms with van der Waals surface area (Å²) in [5.74, 6) is 0. The molecule has 88 valence electrons. The highest BCUT2D eigenvalue weighted by molar-refractivity contribution is 9.10. The second kappa shape index (κ2) is 5.43. The molecule has 1 aliphatic heterocycles. The van der Waals surface area contributed by atoms with E-state index in [-0.39, 0.29) is 0 Å². The van der Waals surface area contributed by atoms with Crippen LogP contribution in [-0.4, -0.2) is 24.9 Å². The molecule has 4 heteroatoms. The quantitative estimate of drug-likeness (QED) is 0.895. The zero-order valence-electron chi connectivity index (χ0n) is 9.59. The van der Waals surface area contributed by atoms with Gasteiger partial charge in [-0.15, -0.1) is 11.8 Å². The molecular weight excluding hydrogens is 284 g/mol. The van der Waals surface area contributed by atoms with Gasteiger partial charge in [-0.2, -0.15) is 0 Å². The molecule has 2 nitrogen and oxygen atoms in total. The topological polar surface area (TPSA) is 24.1 Å². The molecule has 2 unspecified atom stereocenters. The van der Waals surface area contributed by atoms with Crippen molar-refractivity contribution >= 4 is 33.4 Å². The maximum atomic E-state index is 3.58. The van der Waals surface area contributed by atoms with E-state index in [2.05, 4.69) is 51.7 Å². The highest BCUT2D eigenvalue weighted by Crippen LogP contribution is 2.40. The number of nitrogens with one attached hydrogen (secondary N) is 2. The van der Waals surface area contributed by atoms with Crippen LogP contribution < -0.4 is 10.6 Å².